The number of rotatable bonds is 45. The van der Waals surface area contributed by atoms with Crippen LogP contribution in [0.4, 0.5) is 0 Å². The standard InChI is InChI=1S/C55H95NO7/c1-6-8-10-12-14-16-18-20-22-24-26-27-28-30-32-34-36-38-40-42-44-46-54(58)63-51(49-61-48-47-52(55(59)60)56(3,4)5)50-62-53(57)45-43-41-39-37-35-33-31-29-25-23-21-19-17-15-13-11-9-7-2/h8,10,14-17,19,21,23,25,29,31,51-52H,6-7,9,11-13,18,20,22,24,26-28,30,32-50H2,1-5H3/b10-8+,16-14+,17-15+,21-19+,25-23+,31-29+. The van der Waals surface area contributed by atoms with E-state index in [2.05, 4.69) is 86.8 Å². The fourth-order valence-corrected chi connectivity index (χ4v) is 7.24. The zero-order valence-electron chi connectivity index (χ0n) is 41.2. The van der Waals surface area contributed by atoms with Gasteiger partial charge in [-0.3, -0.25) is 9.59 Å². The molecule has 2 unspecified atom stereocenters. The number of hydrogen-bond acceptors (Lipinski definition) is 7. The maximum atomic E-state index is 12.8. The van der Waals surface area contributed by atoms with Gasteiger partial charge in [0.05, 0.1) is 40.3 Å². The molecule has 0 aliphatic heterocycles. The minimum atomic E-state index is -1.13. The maximum absolute atomic E-state index is 12.8. The molecule has 0 aromatic carbocycles. The number of esters is 2. The van der Waals surface area contributed by atoms with E-state index < -0.39 is 18.1 Å². The van der Waals surface area contributed by atoms with Crippen LogP contribution < -0.4 is 5.11 Å². The second-order valence-corrected chi connectivity index (χ2v) is 18.1. The average molecular weight is 882 g/mol. The van der Waals surface area contributed by atoms with Crippen LogP contribution in [0.1, 0.15) is 206 Å². The minimum absolute atomic E-state index is 0.0306. The van der Waals surface area contributed by atoms with E-state index in [0.29, 0.717) is 12.8 Å². The van der Waals surface area contributed by atoms with E-state index in [1.165, 1.54) is 96.3 Å². The number of aliphatic carboxylic acids is 1. The van der Waals surface area contributed by atoms with Crippen molar-refractivity contribution in [1.82, 2.24) is 0 Å². The van der Waals surface area contributed by atoms with Crippen molar-refractivity contribution in [2.24, 2.45) is 0 Å². The van der Waals surface area contributed by atoms with Crippen molar-refractivity contribution in [2.45, 2.75) is 219 Å². The molecule has 2 atom stereocenters. The lowest BCUT2D eigenvalue weighted by Gasteiger charge is -2.34. The summed E-state index contributed by atoms with van der Waals surface area (Å²) in [5.41, 5.74) is 0. The van der Waals surface area contributed by atoms with Crippen LogP contribution in [0, 0.1) is 0 Å². The van der Waals surface area contributed by atoms with Gasteiger partial charge in [-0.15, -0.1) is 0 Å². The predicted molar refractivity (Wildman–Crippen MR) is 263 cm³/mol. The SMILES string of the molecule is CC/C=C/C/C=C/CCCCCCCCCCCCCCCCC(=O)OC(COCCC(C(=O)[O-])[N+](C)(C)C)COC(=O)CCCCCCC/C=C/C=C/C=C/C=C/CCCCC. The summed E-state index contributed by atoms with van der Waals surface area (Å²) in [4.78, 5) is 37.0. The molecule has 0 heterocycles. The Labute approximate surface area is 387 Å². The average Bonchev–Trinajstić information content (AvgIpc) is 3.24. The number of unbranched alkanes of at least 4 members (excludes halogenated alkanes) is 22. The largest absolute Gasteiger partial charge is 0.544 e. The summed E-state index contributed by atoms with van der Waals surface area (Å²) in [7, 11) is 5.40. The van der Waals surface area contributed by atoms with Crippen LogP contribution in [0.5, 0.6) is 0 Å². The molecule has 0 radical (unpaired) electrons. The lowest BCUT2D eigenvalue weighted by molar-refractivity contribution is -0.889. The number of carbonyl (C=O) groups is 3. The smallest absolute Gasteiger partial charge is 0.306 e. The molecule has 0 bridgehead atoms. The van der Waals surface area contributed by atoms with Crippen LogP contribution in [-0.4, -0.2) is 75.5 Å². The number of ether oxygens (including phenoxy) is 3. The Kier molecular flexibility index (Phi) is 43.0. The molecule has 0 N–H and O–H groups in total. The summed E-state index contributed by atoms with van der Waals surface area (Å²) in [5, 5.41) is 11.7. The van der Waals surface area contributed by atoms with E-state index in [4.69, 9.17) is 14.2 Å². The first kappa shape index (κ1) is 59.8. The lowest BCUT2D eigenvalue weighted by Crippen LogP contribution is -2.55. The van der Waals surface area contributed by atoms with Crippen LogP contribution in [0.2, 0.25) is 0 Å². The van der Waals surface area contributed by atoms with Crippen LogP contribution in [0.15, 0.2) is 72.9 Å². The molecule has 362 valence electrons. The van der Waals surface area contributed by atoms with Gasteiger partial charge in [-0.2, -0.15) is 0 Å². The van der Waals surface area contributed by atoms with Gasteiger partial charge in [-0.05, 0) is 64.2 Å². The first-order chi connectivity index (χ1) is 30.6. The number of allylic oxidation sites excluding steroid dienone is 12. The molecule has 0 aromatic rings. The van der Waals surface area contributed by atoms with Crippen molar-refractivity contribution in [3.63, 3.8) is 0 Å². The van der Waals surface area contributed by atoms with Gasteiger partial charge in [0.15, 0.2) is 6.10 Å². The van der Waals surface area contributed by atoms with Crippen molar-refractivity contribution in [3.05, 3.63) is 72.9 Å². The topological polar surface area (TPSA) is 102 Å². The number of carboxylic acids is 1. The Morgan fingerprint density at radius 2 is 0.952 bits per heavy atom. The molecular weight excluding hydrogens is 787 g/mol. The van der Waals surface area contributed by atoms with Gasteiger partial charge >= 0.3 is 11.9 Å². The number of carboxylic acid groups (broad SMARTS) is 1. The highest BCUT2D eigenvalue weighted by Gasteiger charge is 2.25. The van der Waals surface area contributed by atoms with Crippen LogP contribution in [0.25, 0.3) is 0 Å². The van der Waals surface area contributed by atoms with Gasteiger partial charge in [-0.1, -0.05) is 196 Å². The van der Waals surface area contributed by atoms with Crippen LogP contribution in [-0.2, 0) is 28.6 Å². The molecule has 0 aromatic heterocycles. The van der Waals surface area contributed by atoms with Crippen molar-refractivity contribution >= 4 is 17.9 Å². The third kappa shape index (κ3) is 43.8. The van der Waals surface area contributed by atoms with Gasteiger partial charge in [0, 0.05) is 19.3 Å². The number of carbonyl (C=O) groups excluding carboxylic acids is 3. The van der Waals surface area contributed by atoms with Crippen molar-refractivity contribution < 1.29 is 38.2 Å². The zero-order chi connectivity index (χ0) is 46.3. The normalized spacial score (nSPS) is 13.5. The third-order valence-electron chi connectivity index (χ3n) is 11.2. The molecule has 0 saturated carbocycles. The Bertz CT molecular complexity index is 1260. The van der Waals surface area contributed by atoms with E-state index in [0.717, 1.165) is 77.0 Å². The van der Waals surface area contributed by atoms with Gasteiger partial charge in [0.2, 0.25) is 0 Å². The highest BCUT2D eigenvalue weighted by Crippen LogP contribution is 2.15. The fourth-order valence-electron chi connectivity index (χ4n) is 7.24. The second kappa shape index (κ2) is 45.3. The monoisotopic (exact) mass is 882 g/mol. The predicted octanol–water partition coefficient (Wildman–Crippen LogP) is 13.4. The molecule has 0 spiro atoms. The first-order valence-corrected chi connectivity index (χ1v) is 25.5. The van der Waals surface area contributed by atoms with Gasteiger partial charge < -0.3 is 28.6 Å². The molecular formula is C55H95NO7. The number of quaternary nitrogens is 1. The van der Waals surface area contributed by atoms with E-state index >= 15 is 0 Å². The number of nitrogens with zero attached hydrogens (tertiary/aromatic N) is 1. The quantitative estimate of drug-likeness (QED) is 0.0197. The molecule has 8 heteroatoms. The highest BCUT2D eigenvalue weighted by molar-refractivity contribution is 5.70. The molecule has 63 heavy (non-hydrogen) atoms. The Morgan fingerprint density at radius 1 is 0.508 bits per heavy atom. The lowest BCUT2D eigenvalue weighted by atomic mass is 10.0. The Hall–Kier alpha value is -3.23. The minimum Gasteiger partial charge on any atom is -0.544 e. The summed E-state index contributed by atoms with van der Waals surface area (Å²) >= 11 is 0. The number of hydrogen-bond donors (Lipinski definition) is 0. The summed E-state index contributed by atoms with van der Waals surface area (Å²) in [6.45, 7) is 4.51. The summed E-state index contributed by atoms with van der Waals surface area (Å²) < 4.78 is 17.2. The van der Waals surface area contributed by atoms with E-state index in [9.17, 15) is 19.5 Å². The fraction of sp³-hybridized carbons (Fsp3) is 0.727. The van der Waals surface area contributed by atoms with Crippen molar-refractivity contribution in [3.8, 4) is 0 Å². The van der Waals surface area contributed by atoms with Gasteiger partial charge in [0.25, 0.3) is 0 Å². The molecule has 0 amide bonds. The molecule has 0 aliphatic carbocycles. The van der Waals surface area contributed by atoms with Gasteiger partial charge in [0.1, 0.15) is 12.6 Å². The molecule has 0 fully saturated rings. The molecule has 0 rings (SSSR count). The van der Waals surface area contributed by atoms with E-state index in [1.54, 1.807) is 21.1 Å². The zero-order valence-corrected chi connectivity index (χ0v) is 41.2. The summed E-state index contributed by atoms with van der Waals surface area (Å²) in [6, 6.07) is -0.733. The second-order valence-electron chi connectivity index (χ2n) is 18.1. The van der Waals surface area contributed by atoms with Crippen LogP contribution in [0.3, 0.4) is 0 Å². The molecule has 0 aliphatic rings. The van der Waals surface area contributed by atoms with E-state index in [-0.39, 0.29) is 42.7 Å². The summed E-state index contributed by atoms with van der Waals surface area (Å²) in [6.07, 6.45) is 57.8. The first-order valence-electron chi connectivity index (χ1n) is 25.5. The third-order valence-corrected chi connectivity index (χ3v) is 11.2. The number of likely N-dealkylation sites (N-methyl/N-ethyl adjacent to an activating group) is 1. The summed E-state index contributed by atoms with van der Waals surface area (Å²) in [5.74, 6) is -1.76. The van der Waals surface area contributed by atoms with Crippen LogP contribution >= 0.6 is 0 Å². The van der Waals surface area contributed by atoms with E-state index in [1.807, 2.05) is 0 Å². The Balaban J connectivity index is 4.29. The van der Waals surface area contributed by atoms with Crippen molar-refractivity contribution in [1.29, 1.82) is 0 Å². The highest BCUT2D eigenvalue weighted by atomic mass is 16.6. The van der Waals surface area contributed by atoms with Gasteiger partial charge in [-0.25, -0.2) is 0 Å². The Morgan fingerprint density at radius 3 is 1.44 bits per heavy atom. The molecule has 8 nitrogen and oxygen atoms in total. The molecule has 0 saturated heterocycles. The maximum Gasteiger partial charge on any atom is 0.306 e. The van der Waals surface area contributed by atoms with Crippen molar-refractivity contribution in [2.75, 3.05) is 41.0 Å².